The average Bonchev–Trinajstić information content (AvgIpc) is 2.72. The summed E-state index contributed by atoms with van der Waals surface area (Å²) in [5.41, 5.74) is -2.11. The summed E-state index contributed by atoms with van der Waals surface area (Å²) in [5.74, 6) is -0.995. The van der Waals surface area contributed by atoms with Crippen molar-refractivity contribution in [1.82, 2.24) is 0 Å². The molecule has 0 aromatic rings. The molecule has 0 heterocycles. The second kappa shape index (κ2) is 16.2. The first-order chi connectivity index (χ1) is 14.3. The van der Waals surface area contributed by atoms with Gasteiger partial charge in [0, 0.05) is 6.42 Å². The lowest BCUT2D eigenvalue weighted by molar-refractivity contribution is -0.180. The fourth-order valence-electron chi connectivity index (χ4n) is 3.52. The third kappa shape index (κ3) is 11.0. The number of esters is 2. The van der Waals surface area contributed by atoms with Crippen molar-refractivity contribution in [2.45, 2.75) is 123 Å². The molecule has 0 N–H and O–H groups in total. The summed E-state index contributed by atoms with van der Waals surface area (Å²) in [6.07, 6.45) is 17.1. The van der Waals surface area contributed by atoms with Gasteiger partial charge in [-0.3, -0.25) is 4.79 Å². The van der Waals surface area contributed by atoms with Crippen LogP contribution in [0.1, 0.15) is 118 Å². The highest BCUT2D eigenvalue weighted by Crippen LogP contribution is 2.32. The Kier molecular flexibility index (Phi) is 15.3. The molecule has 0 spiro atoms. The molecule has 0 aromatic heterocycles. The van der Waals surface area contributed by atoms with Crippen LogP contribution in [0.2, 0.25) is 0 Å². The van der Waals surface area contributed by atoms with Crippen LogP contribution in [0.4, 0.5) is 0 Å². The Morgan fingerprint density at radius 1 is 0.733 bits per heavy atom. The van der Waals surface area contributed by atoms with Crippen LogP contribution in [0.25, 0.3) is 0 Å². The minimum absolute atomic E-state index is 0.375. The molecule has 0 saturated carbocycles. The van der Waals surface area contributed by atoms with Crippen molar-refractivity contribution in [2.24, 2.45) is 5.41 Å². The molecule has 0 bridgehead atoms. The second-order valence-corrected chi connectivity index (χ2v) is 8.97. The number of unbranched alkanes of at least 4 members (excludes halogenated alkanes) is 10. The van der Waals surface area contributed by atoms with Crippen LogP contribution in [-0.4, -0.2) is 17.5 Å². The zero-order chi connectivity index (χ0) is 22.9. The molecule has 1 atom stereocenters. The van der Waals surface area contributed by atoms with Gasteiger partial charge in [0.1, 0.15) is 0 Å². The van der Waals surface area contributed by atoms with Crippen LogP contribution in [0.3, 0.4) is 0 Å². The topological polar surface area (TPSA) is 52.6 Å². The average molecular weight is 423 g/mol. The van der Waals surface area contributed by atoms with Gasteiger partial charge >= 0.3 is 11.9 Å². The molecule has 174 valence electrons. The van der Waals surface area contributed by atoms with E-state index in [0.29, 0.717) is 6.42 Å². The molecule has 0 aromatic carbocycles. The lowest BCUT2D eigenvalue weighted by Gasteiger charge is -2.32. The quantitative estimate of drug-likeness (QED) is 0.0927. The van der Waals surface area contributed by atoms with Crippen molar-refractivity contribution in [3.63, 3.8) is 0 Å². The fraction of sp³-hybridized carbons (Fsp3) is 0.769. The van der Waals surface area contributed by atoms with Crippen LogP contribution < -0.4 is 0 Å². The lowest BCUT2D eigenvalue weighted by atomic mass is 9.86. The van der Waals surface area contributed by atoms with Gasteiger partial charge in [0.2, 0.25) is 5.60 Å². The van der Waals surface area contributed by atoms with Gasteiger partial charge in [-0.1, -0.05) is 97.6 Å². The number of hydrogen-bond acceptors (Lipinski definition) is 4. The largest absolute Gasteiger partial charge is 0.442 e. The van der Waals surface area contributed by atoms with Gasteiger partial charge in [0.25, 0.3) is 0 Å². The van der Waals surface area contributed by atoms with E-state index in [-0.39, 0.29) is 5.97 Å². The highest BCUT2D eigenvalue weighted by Gasteiger charge is 2.43. The smallest absolute Gasteiger partial charge is 0.359 e. The molecule has 0 aliphatic heterocycles. The second-order valence-electron chi connectivity index (χ2n) is 8.97. The van der Waals surface area contributed by atoms with E-state index < -0.39 is 17.0 Å². The number of carbonyl (C=O) groups excluding carboxylic acids is 2. The Balaban J connectivity index is 4.89. The molecule has 1 unspecified atom stereocenters. The third-order valence-corrected chi connectivity index (χ3v) is 5.75. The van der Waals surface area contributed by atoms with Crippen molar-refractivity contribution in [1.29, 1.82) is 0 Å². The maximum absolute atomic E-state index is 12.9. The first kappa shape index (κ1) is 28.4. The van der Waals surface area contributed by atoms with Crippen molar-refractivity contribution in [3.05, 3.63) is 25.5 Å². The van der Waals surface area contributed by atoms with Gasteiger partial charge in [-0.2, -0.15) is 0 Å². The van der Waals surface area contributed by atoms with Gasteiger partial charge in [0.05, 0.1) is 11.7 Å². The van der Waals surface area contributed by atoms with E-state index in [4.69, 9.17) is 9.47 Å². The fourth-order valence-corrected chi connectivity index (χ4v) is 3.52. The minimum Gasteiger partial charge on any atom is -0.442 e. The van der Waals surface area contributed by atoms with E-state index in [1.54, 1.807) is 0 Å². The maximum Gasteiger partial charge on any atom is 0.359 e. The molecule has 4 nitrogen and oxygen atoms in total. The van der Waals surface area contributed by atoms with Crippen LogP contribution in [0.15, 0.2) is 25.5 Å². The molecule has 0 fully saturated rings. The lowest BCUT2D eigenvalue weighted by Crippen LogP contribution is -2.45. The zero-order valence-corrected chi connectivity index (χ0v) is 20.1. The molecule has 0 aliphatic carbocycles. The number of carbonyl (C=O) groups is 2. The van der Waals surface area contributed by atoms with Gasteiger partial charge in [-0.25, -0.2) is 4.79 Å². The number of ether oxygens (including phenoxy) is 2. The Morgan fingerprint density at radius 2 is 1.20 bits per heavy atom. The summed E-state index contributed by atoms with van der Waals surface area (Å²) in [5, 5.41) is 0. The SMILES string of the molecule is C=COC(=O)C(C=C)(CCCCCCCCCC)OC(=O)C(C)(C)CCCCCC. The van der Waals surface area contributed by atoms with E-state index in [0.717, 1.165) is 57.6 Å². The van der Waals surface area contributed by atoms with Crippen molar-refractivity contribution in [2.75, 3.05) is 0 Å². The van der Waals surface area contributed by atoms with Gasteiger partial charge in [0.15, 0.2) is 0 Å². The summed E-state index contributed by atoms with van der Waals surface area (Å²) < 4.78 is 10.8. The first-order valence-electron chi connectivity index (χ1n) is 12.0. The van der Waals surface area contributed by atoms with E-state index in [1.807, 2.05) is 13.8 Å². The summed E-state index contributed by atoms with van der Waals surface area (Å²) in [6.45, 7) is 15.4. The molecular formula is C26H46O4. The van der Waals surface area contributed by atoms with Crippen LogP contribution in [-0.2, 0) is 19.1 Å². The Morgan fingerprint density at radius 3 is 1.70 bits per heavy atom. The van der Waals surface area contributed by atoms with Crippen LogP contribution in [0, 0.1) is 5.41 Å². The zero-order valence-electron chi connectivity index (χ0n) is 20.1. The molecule has 0 saturated heterocycles. The standard InChI is InChI=1S/C26H46O4/c1-7-11-13-15-16-17-18-20-22-26(9-3,24(28)29-10-4)30-23(27)25(5,6)21-19-14-12-8-2/h9-10H,3-4,7-8,11-22H2,1-2,5-6H3. The third-order valence-electron chi connectivity index (χ3n) is 5.75. The summed E-state index contributed by atoms with van der Waals surface area (Å²) in [6, 6.07) is 0. The Labute approximate surface area is 185 Å². The van der Waals surface area contributed by atoms with Crippen LogP contribution in [0.5, 0.6) is 0 Å². The highest BCUT2D eigenvalue weighted by molar-refractivity contribution is 5.87. The van der Waals surface area contributed by atoms with Gasteiger partial charge in [-0.05, 0) is 32.8 Å². The molecular weight excluding hydrogens is 376 g/mol. The van der Waals surface area contributed by atoms with E-state index in [2.05, 4.69) is 27.0 Å². The Bertz CT molecular complexity index is 509. The minimum atomic E-state index is -1.45. The molecule has 0 amide bonds. The highest BCUT2D eigenvalue weighted by atomic mass is 16.6. The van der Waals surface area contributed by atoms with E-state index in [9.17, 15) is 9.59 Å². The van der Waals surface area contributed by atoms with E-state index >= 15 is 0 Å². The normalized spacial score (nSPS) is 13.3. The number of rotatable bonds is 19. The predicted octanol–water partition coefficient (Wildman–Crippen LogP) is 7.67. The molecule has 0 rings (SSSR count). The molecule has 4 heteroatoms. The predicted molar refractivity (Wildman–Crippen MR) is 125 cm³/mol. The Hall–Kier alpha value is -1.58. The van der Waals surface area contributed by atoms with Crippen molar-refractivity contribution in [3.8, 4) is 0 Å². The first-order valence-corrected chi connectivity index (χ1v) is 12.0. The van der Waals surface area contributed by atoms with Crippen molar-refractivity contribution >= 4 is 11.9 Å². The van der Waals surface area contributed by atoms with Gasteiger partial charge < -0.3 is 9.47 Å². The summed E-state index contributed by atoms with van der Waals surface area (Å²) in [4.78, 5) is 25.6. The number of hydrogen-bond donors (Lipinski definition) is 0. The monoisotopic (exact) mass is 422 g/mol. The maximum atomic E-state index is 12.9. The van der Waals surface area contributed by atoms with Crippen molar-refractivity contribution < 1.29 is 19.1 Å². The summed E-state index contributed by atoms with van der Waals surface area (Å²) >= 11 is 0. The molecule has 0 aliphatic rings. The van der Waals surface area contributed by atoms with Gasteiger partial charge in [-0.15, -0.1) is 0 Å². The van der Waals surface area contributed by atoms with Crippen LogP contribution >= 0.6 is 0 Å². The van der Waals surface area contributed by atoms with E-state index in [1.165, 1.54) is 38.2 Å². The summed E-state index contributed by atoms with van der Waals surface area (Å²) in [7, 11) is 0. The molecule has 30 heavy (non-hydrogen) atoms. The molecule has 0 radical (unpaired) electrons.